The first-order valence-electron chi connectivity index (χ1n) is 12.6. The van der Waals surface area contributed by atoms with Crippen molar-refractivity contribution in [2.45, 2.75) is 52.4 Å². The van der Waals surface area contributed by atoms with E-state index in [9.17, 15) is 13.2 Å². The predicted octanol–water partition coefficient (Wildman–Crippen LogP) is 5.74. The Kier molecular flexibility index (Phi) is 11.5. The van der Waals surface area contributed by atoms with Gasteiger partial charge >= 0.3 is 0 Å². The Labute approximate surface area is 231 Å². The minimum atomic E-state index is -3.59. The van der Waals surface area contributed by atoms with E-state index in [4.69, 9.17) is 4.98 Å². The van der Waals surface area contributed by atoms with E-state index in [2.05, 4.69) is 44.7 Å². The lowest BCUT2D eigenvalue weighted by molar-refractivity contribution is 0.0983. The van der Waals surface area contributed by atoms with Gasteiger partial charge < -0.3 is 4.90 Å². The van der Waals surface area contributed by atoms with Crippen molar-refractivity contribution in [3.05, 3.63) is 53.1 Å². The van der Waals surface area contributed by atoms with Crippen LogP contribution in [0.3, 0.4) is 0 Å². The number of amides is 1. The van der Waals surface area contributed by atoms with Crippen molar-refractivity contribution in [1.29, 1.82) is 0 Å². The van der Waals surface area contributed by atoms with Crippen LogP contribution in [-0.2, 0) is 10.0 Å². The molecule has 0 aliphatic rings. The van der Waals surface area contributed by atoms with E-state index in [0.29, 0.717) is 23.8 Å². The van der Waals surface area contributed by atoms with Gasteiger partial charge in [-0.1, -0.05) is 38.5 Å². The Bertz CT molecular complexity index is 1250. The third kappa shape index (κ3) is 7.29. The summed E-state index contributed by atoms with van der Waals surface area (Å²) in [5, 5.41) is 0.656. The van der Waals surface area contributed by atoms with Crippen molar-refractivity contribution in [1.82, 2.24) is 14.2 Å². The molecule has 3 rings (SSSR count). The number of anilines is 1. The molecule has 0 aliphatic heterocycles. The van der Waals surface area contributed by atoms with Crippen molar-refractivity contribution >= 4 is 55.0 Å². The SMILES string of the molecule is CCCCN(C)S(=O)(=O)c1ccc(C(=O)N(CCN(CC)CC)c2nc3cc(C)c(C)cc3s2)cc1.Cl. The number of carbonyl (C=O) groups excluding carboxylic acids is 1. The molecule has 0 saturated carbocycles. The van der Waals surface area contributed by atoms with Crippen molar-refractivity contribution in [3.63, 3.8) is 0 Å². The number of halogens is 1. The maximum Gasteiger partial charge on any atom is 0.260 e. The molecule has 0 unspecified atom stereocenters. The van der Waals surface area contributed by atoms with Gasteiger partial charge in [-0.2, -0.15) is 0 Å². The van der Waals surface area contributed by atoms with Crippen LogP contribution < -0.4 is 4.90 Å². The summed E-state index contributed by atoms with van der Waals surface area (Å²) in [7, 11) is -2.00. The van der Waals surface area contributed by atoms with Crippen LogP contribution in [0.2, 0.25) is 0 Å². The van der Waals surface area contributed by atoms with E-state index in [0.717, 1.165) is 42.7 Å². The molecule has 0 bridgehead atoms. The number of fused-ring (bicyclic) bond motifs is 1. The molecule has 0 aliphatic carbocycles. The summed E-state index contributed by atoms with van der Waals surface area (Å²) in [6.07, 6.45) is 1.72. The minimum Gasteiger partial charge on any atom is -0.302 e. The normalized spacial score (nSPS) is 11.8. The third-order valence-corrected chi connectivity index (χ3v) is 9.55. The second-order valence-electron chi connectivity index (χ2n) is 9.09. The molecule has 0 atom stereocenters. The first-order chi connectivity index (χ1) is 17.1. The topological polar surface area (TPSA) is 73.8 Å². The van der Waals surface area contributed by atoms with Gasteiger partial charge in [-0.15, -0.1) is 12.4 Å². The zero-order valence-electron chi connectivity index (χ0n) is 22.7. The monoisotopic (exact) mass is 566 g/mol. The molecule has 2 aromatic carbocycles. The highest BCUT2D eigenvalue weighted by atomic mass is 35.5. The van der Waals surface area contributed by atoms with Crippen LogP contribution in [-0.4, -0.2) is 68.3 Å². The van der Waals surface area contributed by atoms with Gasteiger partial charge in [-0.25, -0.2) is 17.7 Å². The largest absolute Gasteiger partial charge is 0.302 e. The molecule has 1 amide bonds. The van der Waals surface area contributed by atoms with Gasteiger partial charge in [0, 0.05) is 32.2 Å². The minimum absolute atomic E-state index is 0. The number of hydrogen-bond donors (Lipinski definition) is 0. The zero-order chi connectivity index (χ0) is 26.5. The Morgan fingerprint density at radius 2 is 1.57 bits per heavy atom. The first kappa shape index (κ1) is 31.2. The van der Waals surface area contributed by atoms with E-state index < -0.39 is 10.0 Å². The Hall–Kier alpha value is -2.04. The van der Waals surface area contributed by atoms with Gasteiger partial charge in [-0.3, -0.25) is 9.69 Å². The average molecular weight is 567 g/mol. The Morgan fingerprint density at radius 1 is 0.946 bits per heavy atom. The van der Waals surface area contributed by atoms with Crippen LogP contribution in [0.4, 0.5) is 5.13 Å². The Morgan fingerprint density at radius 3 is 2.16 bits per heavy atom. The lowest BCUT2D eigenvalue weighted by atomic mass is 10.1. The summed E-state index contributed by atoms with van der Waals surface area (Å²) in [4.78, 5) is 22.7. The van der Waals surface area contributed by atoms with E-state index in [1.807, 2.05) is 6.92 Å². The number of nitrogens with zero attached hydrogens (tertiary/aromatic N) is 4. The molecule has 0 radical (unpaired) electrons. The lowest BCUT2D eigenvalue weighted by Gasteiger charge is -2.25. The van der Waals surface area contributed by atoms with Gasteiger partial charge in [0.15, 0.2) is 5.13 Å². The standard InChI is InChI=1S/C27H38N4O3S2.ClH/c1-7-10-15-29(6)36(33,34)23-13-11-22(12-14-23)26(32)31(17-16-30(8-2)9-3)27-28-24-18-20(4)21(5)19-25(24)35-27;/h11-14,18-19H,7-10,15-17H2,1-6H3;1H. The van der Waals surface area contributed by atoms with E-state index >= 15 is 0 Å². The molecule has 0 N–H and O–H groups in total. The summed E-state index contributed by atoms with van der Waals surface area (Å²) >= 11 is 1.51. The van der Waals surface area contributed by atoms with Crippen LogP contribution in [0.15, 0.2) is 41.3 Å². The van der Waals surface area contributed by atoms with Crippen molar-refractivity contribution < 1.29 is 13.2 Å². The summed E-state index contributed by atoms with van der Waals surface area (Å²) in [5.74, 6) is -0.182. The maximum absolute atomic E-state index is 13.7. The molecule has 10 heteroatoms. The molecule has 0 fully saturated rings. The number of rotatable bonds is 12. The summed E-state index contributed by atoms with van der Waals surface area (Å²) in [6, 6.07) is 10.4. The molecule has 3 aromatic rings. The predicted molar refractivity (Wildman–Crippen MR) is 157 cm³/mol. The van der Waals surface area contributed by atoms with Gasteiger partial charge in [0.25, 0.3) is 5.91 Å². The van der Waals surface area contributed by atoms with Crippen molar-refractivity contribution in [2.24, 2.45) is 0 Å². The highest BCUT2D eigenvalue weighted by Gasteiger charge is 2.24. The van der Waals surface area contributed by atoms with E-state index in [-0.39, 0.29) is 23.2 Å². The smallest absolute Gasteiger partial charge is 0.260 e. The Balaban J connectivity index is 0.00000481. The fourth-order valence-corrected chi connectivity index (χ4v) is 6.23. The van der Waals surface area contributed by atoms with Gasteiger partial charge in [0.1, 0.15) is 0 Å². The molecule has 1 heterocycles. The third-order valence-electron chi connectivity index (χ3n) is 6.64. The second kappa shape index (κ2) is 13.7. The number of aryl methyl sites for hydroxylation is 2. The summed E-state index contributed by atoms with van der Waals surface area (Å²) in [5.41, 5.74) is 3.69. The number of aromatic nitrogens is 1. The number of unbranched alkanes of at least 4 members (excludes halogenated alkanes) is 1. The molecular formula is C27H39ClN4O3S2. The van der Waals surface area contributed by atoms with Gasteiger partial charge in [0.2, 0.25) is 10.0 Å². The number of hydrogen-bond acceptors (Lipinski definition) is 6. The van der Waals surface area contributed by atoms with Crippen molar-refractivity contribution in [2.75, 3.05) is 44.7 Å². The summed E-state index contributed by atoms with van der Waals surface area (Å²) < 4.78 is 28.2. The second-order valence-corrected chi connectivity index (χ2v) is 12.1. The first-order valence-corrected chi connectivity index (χ1v) is 14.9. The molecule has 0 saturated heterocycles. The molecule has 7 nitrogen and oxygen atoms in total. The number of sulfonamides is 1. The number of thiazole rings is 1. The fraction of sp³-hybridized carbons (Fsp3) is 0.481. The van der Waals surface area contributed by atoms with Gasteiger partial charge in [0.05, 0.1) is 15.1 Å². The molecule has 204 valence electrons. The number of benzene rings is 2. The molecule has 37 heavy (non-hydrogen) atoms. The zero-order valence-corrected chi connectivity index (χ0v) is 25.1. The highest BCUT2D eigenvalue weighted by molar-refractivity contribution is 7.89. The molecular weight excluding hydrogens is 528 g/mol. The average Bonchev–Trinajstić information content (AvgIpc) is 3.27. The van der Waals surface area contributed by atoms with Crippen LogP contribution >= 0.6 is 23.7 Å². The van der Waals surface area contributed by atoms with Crippen LogP contribution in [0, 0.1) is 13.8 Å². The van der Waals surface area contributed by atoms with E-state index in [1.165, 1.54) is 38.9 Å². The van der Waals surface area contributed by atoms with Crippen molar-refractivity contribution in [3.8, 4) is 0 Å². The van der Waals surface area contributed by atoms with Gasteiger partial charge in [-0.05, 0) is 80.9 Å². The van der Waals surface area contributed by atoms with Crippen LogP contribution in [0.25, 0.3) is 10.2 Å². The van der Waals surface area contributed by atoms with E-state index in [1.54, 1.807) is 24.1 Å². The summed E-state index contributed by atoms with van der Waals surface area (Å²) in [6.45, 7) is 13.9. The molecule has 1 aromatic heterocycles. The fourth-order valence-electron chi connectivity index (χ4n) is 3.95. The number of likely N-dealkylation sites (N-methyl/N-ethyl adjacent to an activating group) is 1. The van der Waals surface area contributed by atoms with Crippen LogP contribution in [0.5, 0.6) is 0 Å². The maximum atomic E-state index is 13.7. The quantitative estimate of drug-likeness (QED) is 0.279. The molecule has 0 spiro atoms. The lowest BCUT2D eigenvalue weighted by Crippen LogP contribution is -2.38. The number of carbonyl (C=O) groups is 1. The highest BCUT2D eigenvalue weighted by Crippen LogP contribution is 2.31. The van der Waals surface area contributed by atoms with Crippen LogP contribution in [0.1, 0.15) is 55.1 Å².